The largest absolute Gasteiger partial charge is 0.393 e. The standard InChI is InChI=1S/C22H30O2S/c1-14-10-21(19-13-18(23)11-15(2)24-19)25-20(14)12-16-6-8-17(9-7-16)22(3,4)5/h6-10,15,18-19,23H,11-13H2,1-5H3. The summed E-state index contributed by atoms with van der Waals surface area (Å²) in [7, 11) is 0. The Hall–Kier alpha value is -1.16. The van der Waals surface area contributed by atoms with Gasteiger partial charge in [0.1, 0.15) is 0 Å². The van der Waals surface area contributed by atoms with E-state index in [1.54, 1.807) is 0 Å². The van der Waals surface area contributed by atoms with Crippen LogP contribution in [0.5, 0.6) is 0 Å². The van der Waals surface area contributed by atoms with Crippen molar-refractivity contribution < 1.29 is 9.84 Å². The molecule has 2 nitrogen and oxygen atoms in total. The summed E-state index contributed by atoms with van der Waals surface area (Å²) in [4.78, 5) is 2.65. The minimum atomic E-state index is -0.246. The summed E-state index contributed by atoms with van der Waals surface area (Å²) in [6, 6.07) is 11.3. The number of hydrogen-bond donors (Lipinski definition) is 1. The lowest BCUT2D eigenvalue weighted by atomic mass is 9.86. The quantitative estimate of drug-likeness (QED) is 0.780. The minimum absolute atomic E-state index is 0.0412. The average Bonchev–Trinajstić information content (AvgIpc) is 2.87. The number of aryl methyl sites for hydroxylation is 1. The van der Waals surface area contributed by atoms with E-state index >= 15 is 0 Å². The molecule has 0 radical (unpaired) electrons. The van der Waals surface area contributed by atoms with Gasteiger partial charge in [0.2, 0.25) is 0 Å². The zero-order valence-corrected chi connectivity index (χ0v) is 16.8. The molecule has 136 valence electrons. The molecule has 1 aliphatic rings. The Kier molecular flexibility index (Phi) is 5.38. The van der Waals surface area contributed by atoms with Crippen LogP contribution in [-0.2, 0) is 16.6 Å². The van der Waals surface area contributed by atoms with Gasteiger partial charge in [-0.3, -0.25) is 0 Å². The van der Waals surface area contributed by atoms with E-state index in [-0.39, 0.29) is 23.7 Å². The average molecular weight is 359 g/mol. The van der Waals surface area contributed by atoms with Crippen LogP contribution in [0.15, 0.2) is 30.3 Å². The van der Waals surface area contributed by atoms with Crippen molar-refractivity contribution in [2.45, 2.75) is 77.6 Å². The van der Waals surface area contributed by atoms with Crippen LogP contribution in [0.1, 0.15) is 73.1 Å². The van der Waals surface area contributed by atoms with E-state index in [4.69, 9.17) is 4.74 Å². The maximum Gasteiger partial charge on any atom is 0.0945 e. The molecule has 1 aromatic carbocycles. The smallest absolute Gasteiger partial charge is 0.0945 e. The van der Waals surface area contributed by atoms with Gasteiger partial charge >= 0.3 is 0 Å². The van der Waals surface area contributed by atoms with Crippen LogP contribution < -0.4 is 0 Å². The third-order valence-corrected chi connectivity index (χ3v) is 6.36. The predicted octanol–water partition coefficient (Wildman–Crippen LogP) is 5.55. The van der Waals surface area contributed by atoms with Crippen LogP contribution in [0.3, 0.4) is 0 Å². The molecule has 3 rings (SSSR count). The first-order valence-corrected chi connectivity index (χ1v) is 10.1. The van der Waals surface area contributed by atoms with Crippen LogP contribution in [0.4, 0.5) is 0 Å². The summed E-state index contributed by atoms with van der Waals surface area (Å²) < 4.78 is 6.06. The van der Waals surface area contributed by atoms with Gasteiger partial charge in [0.05, 0.1) is 18.3 Å². The Morgan fingerprint density at radius 3 is 2.44 bits per heavy atom. The second kappa shape index (κ2) is 7.22. The molecular formula is C22H30O2S. The van der Waals surface area contributed by atoms with Crippen LogP contribution in [0.2, 0.25) is 0 Å². The fourth-order valence-electron chi connectivity index (χ4n) is 3.49. The lowest BCUT2D eigenvalue weighted by Crippen LogP contribution is -2.28. The number of thiophene rings is 1. The summed E-state index contributed by atoms with van der Waals surface area (Å²) in [6.45, 7) is 11.0. The first-order chi connectivity index (χ1) is 11.7. The summed E-state index contributed by atoms with van der Waals surface area (Å²) in [6.07, 6.45) is 2.34. The Bertz CT molecular complexity index is 699. The molecule has 1 aliphatic heterocycles. The fraction of sp³-hybridized carbons (Fsp3) is 0.545. The van der Waals surface area contributed by atoms with Crippen LogP contribution in [-0.4, -0.2) is 17.3 Å². The second-order valence-corrected chi connectivity index (χ2v) is 9.61. The van der Waals surface area contributed by atoms with E-state index in [0.717, 1.165) is 12.8 Å². The highest BCUT2D eigenvalue weighted by Gasteiger charge is 2.28. The Morgan fingerprint density at radius 1 is 1.16 bits per heavy atom. The molecule has 0 aliphatic carbocycles. The zero-order valence-electron chi connectivity index (χ0n) is 16.0. The molecule has 1 aromatic heterocycles. The van der Waals surface area contributed by atoms with Gasteiger partial charge in [-0.25, -0.2) is 0 Å². The van der Waals surface area contributed by atoms with Gasteiger partial charge in [-0.15, -0.1) is 11.3 Å². The molecule has 2 heterocycles. The van der Waals surface area contributed by atoms with Gasteiger partial charge in [-0.05, 0) is 48.4 Å². The minimum Gasteiger partial charge on any atom is -0.393 e. The van der Waals surface area contributed by atoms with Crippen molar-refractivity contribution in [2.24, 2.45) is 0 Å². The van der Waals surface area contributed by atoms with E-state index < -0.39 is 0 Å². The molecule has 1 N–H and O–H groups in total. The van der Waals surface area contributed by atoms with Crippen molar-refractivity contribution >= 4 is 11.3 Å². The number of rotatable bonds is 3. The van der Waals surface area contributed by atoms with Crippen molar-refractivity contribution in [1.82, 2.24) is 0 Å². The molecule has 0 amide bonds. The van der Waals surface area contributed by atoms with Gasteiger partial charge in [-0.1, -0.05) is 45.0 Å². The van der Waals surface area contributed by atoms with Gasteiger partial charge in [0, 0.05) is 22.6 Å². The van der Waals surface area contributed by atoms with E-state index in [9.17, 15) is 5.11 Å². The van der Waals surface area contributed by atoms with E-state index in [1.807, 2.05) is 18.3 Å². The molecule has 2 aromatic rings. The number of hydrogen-bond acceptors (Lipinski definition) is 3. The third kappa shape index (κ3) is 4.52. The van der Waals surface area contributed by atoms with Crippen molar-refractivity contribution in [1.29, 1.82) is 0 Å². The lowest BCUT2D eigenvalue weighted by Gasteiger charge is -2.30. The van der Waals surface area contributed by atoms with Gasteiger partial charge < -0.3 is 9.84 Å². The van der Waals surface area contributed by atoms with Crippen molar-refractivity contribution in [3.05, 3.63) is 56.8 Å². The molecule has 0 spiro atoms. The van der Waals surface area contributed by atoms with Crippen molar-refractivity contribution in [3.8, 4) is 0 Å². The number of aliphatic hydroxyl groups excluding tert-OH is 1. The van der Waals surface area contributed by atoms with Gasteiger partial charge in [0.25, 0.3) is 0 Å². The lowest BCUT2D eigenvalue weighted by molar-refractivity contribution is -0.0881. The first-order valence-electron chi connectivity index (χ1n) is 9.24. The number of ether oxygens (including phenoxy) is 1. The topological polar surface area (TPSA) is 29.5 Å². The highest BCUT2D eigenvalue weighted by molar-refractivity contribution is 7.12. The number of benzene rings is 1. The summed E-state index contributed by atoms with van der Waals surface area (Å²) in [5.74, 6) is 0. The molecule has 1 saturated heterocycles. The van der Waals surface area contributed by atoms with E-state index in [1.165, 1.54) is 26.4 Å². The maximum atomic E-state index is 10.0. The van der Waals surface area contributed by atoms with Crippen LogP contribution in [0.25, 0.3) is 0 Å². The second-order valence-electron chi connectivity index (χ2n) is 8.44. The Balaban J connectivity index is 1.74. The Labute approximate surface area is 155 Å². The monoisotopic (exact) mass is 358 g/mol. The highest BCUT2D eigenvalue weighted by atomic mass is 32.1. The molecule has 0 bridgehead atoms. The highest BCUT2D eigenvalue weighted by Crippen LogP contribution is 2.37. The molecule has 3 heteroatoms. The summed E-state index contributed by atoms with van der Waals surface area (Å²) >= 11 is 1.84. The normalized spacial score (nSPS) is 24.5. The van der Waals surface area contributed by atoms with E-state index in [0.29, 0.717) is 6.42 Å². The molecule has 3 atom stereocenters. The van der Waals surface area contributed by atoms with Crippen molar-refractivity contribution in [2.75, 3.05) is 0 Å². The molecule has 25 heavy (non-hydrogen) atoms. The predicted molar refractivity (Wildman–Crippen MR) is 106 cm³/mol. The first kappa shape index (κ1) is 18.6. The molecule has 0 saturated carbocycles. The van der Waals surface area contributed by atoms with Crippen LogP contribution >= 0.6 is 11.3 Å². The number of aliphatic hydroxyl groups is 1. The van der Waals surface area contributed by atoms with E-state index in [2.05, 4.69) is 58.0 Å². The zero-order chi connectivity index (χ0) is 18.2. The van der Waals surface area contributed by atoms with Gasteiger partial charge in [-0.2, -0.15) is 0 Å². The van der Waals surface area contributed by atoms with Crippen LogP contribution in [0, 0.1) is 6.92 Å². The third-order valence-electron chi connectivity index (χ3n) is 5.03. The summed E-state index contributed by atoms with van der Waals surface area (Å²) in [5.41, 5.74) is 4.25. The molecule has 3 unspecified atom stereocenters. The SMILES string of the molecule is Cc1cc(C2CC(O)CC(C)O2)sc1Cc1ccc(C(C)(C)C)cc1. The summed E-state index contributed by atoms with van der Waals surface area (Å²) in [5, 5.41) is 10.0. The molecular weight excluding hydrogens is 328 g/mol. The van der Waals surface area contributed by atoms with Gasteiger partial charge in [0.15, 0.2) is 0 Å². The maximum absolute atomic E-state index is 10.0. The van der Waals surface area contributed by atoms with Crippen molar-refractivity contribution in [3.63, 3.8) is 0 Å². The Morgan fingerprint density at radius 2 is 1.84 bits per heavy atom. The molecule has 1 fully saturated rings. The fourth-order valence-corrected chi connectivity index (χ4v) is 4.75.